The van der Waals surface area contributed by atoms with Gasteiger partial charge in [0.05, 0.1) is 11.0 Å². The summed E-state index contributed by atoms with van der Waals surface area (Å²) in [6, 6.07) is 14.5. The van der Waals surface area contributed by atoms with Crippen LogP contribution in [0.4, 0.5) is 10.1 Å². The maximum Gasteiger partial charge on any atom is 0.146 e. The number of imidazole rings is 1. The standard InChI is InChI=1S/C21H19FN6/c22-16-3-1-15(2-4-16)21-26-18-6-5-17(27-11-9-23-10-12-27)13-19(18)28(21)20-7-8-24-14-25-20/h1-8,13-14,23H,9-12H2. The zero-order valence-electron chi connectivity index (χ0n) is 15.2. The lowest BCUT2D eigenvalue weighted by molar-refractivity contribution is 0.589. The highest BCUT2D eigenvalue weighted by Crippen LogP contribution is 2.30. The van der Waals surface area contributed by atoms with E-state index in [1.807, 2.05) is 16.7 Å². The number of benzene rings is 2. The minimum atomic E-state index is -0.269. The molecule has 2 aromatic heterocycles. The molecular weight excluding hydrogens is 355 g/mol. The Morgan fingerprint density at radius 1 is 0.964 bits per heavy atom. The summed E-state index contributed by atoms with van der Waals surface area (Å²) >= 11 is 0. The van der Waals surface area contributed by atoms with Gasteiger partial charge in [0.1, 0.15) is 23.8 Å². The van der Waals surface area contributed by atoms with Crippen LogP contribution in [0.5, 0.6) is 0 Å². The third-order valence-electron chi connectivity index (χ3n) is 5.02. The molecule has 1 saturated heterocycles. The van der Waals surface area contributed by atoms with E-state index in [0.717, 1.165) is 60.1 Å². The van der Waals surface area contributed by atoms with Crippen LogP contribution in [0.3, 0.4) is 0 Å². The van der Waals surface area contributed by atoms with Crippen molar-refractivity contribution in [2.24, 2.45) is 0 Å². The number of piperazine rings is 1. The lowest BCUT2D eigenvalue weighted by Gasteiger charge is -2.29. The molecule has 0 unspecified atom stereocenters. The molecule has 0 bridgehead atoms. The fourth-order valence-electron chi connectivity index (χ4n) is 3.62. The van der Waals surface area contributed by atoms with E-state index in [4.69, 9.17) is 4.98 Å². The Balaban J connectivity index is 1.71. The highest BCUT2D eigenvalue weighted by Gasteiger charge is 2.18. The Hall–Kier alpha value is -3.32. The quantitative estimate of drug-likeness (QED) is 0.597. The summed E-state index contributed by atoms with van der Waals surface area (Å²) in [6.07, 6.45) is 3.23. The monoisotopic (exact) mass is 374 g/mol. The topological polar surface area (TPSA) is 58.9 Å². The summed E-state index contributed by atoms with van der Waals surface area (Å²) in [5.74, 6) is 1.19. The highest BCUT2D eigenvalue weighted by molar-refractivity contribution is 5.86. The number of rotatable bonds is 3. The Kier molecular flexibility index (Phi) is 4.21. The summed E-state index contributed by atoms with van der Waals surface area (Å²) in [5, 5.41) is 3.38. The Labute approximate surface area is 161 Å². The van der Waals surface area contributed by atoms with Gasteiger partial charge < -0.3 is 10.2 Å². The summed E-state index contributed by atoms with van der Waals surface area (Å²) < 4.78 is 15.4. The summed E-state index contributed by atoms with van der Waals surface area (Å²) in [5.41, 5.74) is 3.83. The van der Waals surface area contributed by atoms with Crippen LogP contribution in [0.25, 0.3) is 28.2 Å². The molecule has 4 aromatic rings. The van der Waals surface area contributed by atoms with Crippen LogP contribution in [0.1, 0.15) is 0 Å². The molecule has 0 atom stereocenters. The predicted molar refractivity (Wildman–Crippen MR) is 107 cm³/mol. The molecule has 140 valence electrons. The number of hydrogen-bond acceptors (Lipinski definition) is 5. The smallest absolute Gasteiger partial charge is 0.146 e. The number of fused-ring (bicyclic) bond motifs is 1. The van der Waals surface area contributed by atoms with Gasteiger partial charge >= 0.3 is 0 Å². The van der Waals surface area contributed by atoms with Crippen molar-refractivity contribution in [3.8, 4) is 17.2 Å². The molecule has 0 amide bonds. The maximum atomic E-state index is 13.4. The number of anilines is 1. The highest BCUT2D eigenvalue weighted by atomic mass is 19.1. The molecule has 1 fully saturated rings. The van der Waals surface area contributed by atoms with Gasteiger partial charge in [-0.2, -0.15) is 0 Å². The van der Waals surface area contributed by atoms with Crippen molar-refractivity contribution in [1.82, 2.24) is 24.8 Å². The minimum Gasteiger partial charge on any atom is -0.369 e. The second-order valence-electron chi connectivity index (χ2n) is 6.76. The van der Waals surface area contributed by atoms with Gasteiger partial charge in [-0.25, -0.2) is 19.3 Å². The summed E-state index contributed by atoms with van der Waals surface area (Å²) in [7, 11) is 0. The number of nitrogens with one attached hydrogen (secondary N) is 1. The number of aromatic nitrogens is 4. The Morgan fingerprint density at radius 2 is 1.79 bits per heavy atom. The second kappa shape index (κ2) is 7.01. The van der Waals surface area contributed by atoms with E-state index in [0.29, 0.717) is 0 Å². The molecule has 1 N–H and O–H groups in total. The van der Waals surface area contributed by atoms with Crippen LogP contribution < -0.4 is 10.2 Å². The minimum absolute atomic E-state index is 0.269. The van der Waals surface area contributed by atoms with E-state index < -0.39 is 0 Å². The van der Waals surface area contributed by atoms with Crippen molar-refractivity contribution in [3.63, 3.8) is 0 Å². The normalized spacial score (nSPS) is 14.5. The van der Waals surface area contributed by atoms with Gasteiger partial charge in [-0.3, -0.25) is 4.57 Å². The first-order valence-electron chi connectivity index (χ1n) is 9.30. The van der Waals surface area contributed by atoms with Crippen molar-refractivity contribution in [1.29, 1.82) is 0 Å². The molecule has 2 aromatic carbocycles. The zero-order valence-corrected chi connectivity index (χ0v) is 15.2. The van der Waals surface area contributed by atoms with Crippen molar-refractivity contribution in [2.75, 3.05) is 31.1 Å². The van der Waals surface area contributed by atoms with Gasteiger partial charge in [-0.15, -0.1) is 0 Å². The molecule has 28 heavy (non-hydrogen) atoms. The lowest BCUT2D eigenvalue weighted by atomic mass is 10.2. The van der Waals surface area contributed by atoms with Crippen molar-refractivity contribution in [2.45, 2.75) is 0 Å². The SMILES string of the molecule is Fc1ccc(-c2nc3ccc(N4CCNCC4)cc3n2-c2ccncn2)cc1. The molecule has 7 heteroatoms. The van der Waals surface area contributed by atoms with E-state index in [1.54, 1.807) is 18.3 Å². The average molecular weight is 374 g/mol. The second-order valence-corrected chi connectivity index (χ2v) is 6.76. The molecule has 0 radical (unpaired) electrons. The molecule has 0 spiro atoms. The van der Waals surface area contributed by atoms with Crippen molar-refractivity contribution < 1.29 is 4.39 Å². The van der Waals surface area contributed by atoms with Gasteiger partial charge in [-0.1, -0.05) is 0 Å². The van der Waals surface area contributed by atoms with Crippen molar-refractivity contribution in [3.05, 3.63) is 66.9 Å². The van der Waals surface area contributed by atoms with Gasteiger partial charge in [0.25, 0.3) is 0 Å². The first-order valence-corrected chi connectivity index (χ1v) is 9.30. The molecule has 0 aliphatic carbocycles. The molecule has 5 rings (SSSR count). The Bertz CT molecular complexity index is 1100. The number of halogens is 1. The van der Waals surface area contributed by atoms with Gasteiger partial charge in [0.15, 0.2) is 0 Å². The maximum absolute atomic E-state index is 13.4. The number of hydrogen-bond donors (Lipinski definition) is 1. The lowest BCUT2D eigenvalue weighted by Crippen LogP contribution is -2.43. The molecule has 1 aliphatic heterocycles. The first kappa shape index (κ1) is 16.8. The van der Waals surface area contributed by atoms with Gasteiger partial charge in [-0.05, 0) is 48.5 Å². The van der Waals surface area contributed by atoms with E-state index in [1.165, 1.54) is 18.5 Å². The zero-order chi connectivity index (χ0) is 18.9. The van der Waals surface area contributed by atoms with Crippen LogP contribution in [-0.4, -0.2) is 45.7 Å². The molecule has 1 aliphatic rings. The van der Waals surface area contributed by atoms with Crippen LogP contribution in [0.2, 0.25) is 0 Å². The predicted octanol–water partition coefficient (Wildman–Crippen LogP) is 3.03. The van der Waals surface area contributed by atoms with Gasteiger partial charge in [0.2, 0.25) is 0 Å². The summed E-state index contributed by atoms with van der Waals surface area (Å²) in [4.78, 5) is 15.7. The van der Waals surface area contributed by atoms with Crippen LogP contribution in [-0.2, 0) is 0 Å². The summed E-state index contributed by atoms with van der Waals surface area (Å²) in [6.45, 7) is 3.89. The van der Waals surface area contributed by atoms with Crippen LogP contribution in [0.15, 0.2) is 61.1 Å². The third kappa shape index (κ3) is 2.99. The Morgan fingerprint density at radius 3 is 2.54 bits per heavy atom. The van der Waals surface area contributed by atoms with E-state index in [2.05, 4.69) is 32.3 Å². The van der Waals surface area contributed by atoms with Gasteiger partial charge in [0, 0.05) is 43.6 Å². The van der Waals surface area contributed by atoms with Crippen LogP contribution in [0, 0.1) is 5.82 Å². The van der Waals surface area contributed by atoms with Crippen LogP contribution >= 0.6 is 0 Å². The first-order chi connectivity index (χ1) is 13.8. The molecule has 3 heterocycles. The molecular formula is C21H19FN6. The molecule has 0 saturated carbocycles. The third-order valence-corrected chi connectivity index (χ3v) is 5.02. The fourth-order valence-corrected chi connectivity index (χ4v) is 3.62. The van der Waals surface area contributed by atoms with E-state index >= 15 is 0 Å². The largest absolute Gasteiger partial charge is 0.369 e. The van der Waals surface area contributed by atoms with Crippen molar-refractivity contribution >= 4 is 16.7 Å². The molecule has 6 nitrogen and oxygen atoms in total. The van der Waals surface area contributed by atoms with E-state index in [-0.39, 0.29) is 5.82 Å². The fraction of sp³-hybridized carbons (Fsp3) is 0.190. The van der Waals surface area contributed by atoms with E-state index in [9.17, 15) is 4.39 Å². The number of nitrogens with zero attached hydrogens (tertiary/aromatic N) is 5. The average Bonchev–Trinajstić information content (AvgIpc) is 3.14.